The number of anilines is 1. The van der Waals surface area contributed by atoms with Crippen molar-refractivity contribution in [1.29, 1.82) is 0 Å². The molecule has 0 saturated carbocycles. The van der Waals surface area contributed by atoms with Crippen molar-refractivity contribution >= 4 is 28.3 Å². The highest BCUT2D eigenvalue weighted by Gasteiger charge is 2.21. The molecule has 1 atom stereocenters. The molecule has 1 aromatic heterocycles. The van der Waals surface area contributed by atoms with E-state index in [-0.39, 0.29) is 10.8 Å². The maximum absolute atomic E-state index is 11.9. The third-order valence-electron chi connectivity index (χ3n) is 2.92. The zero-order valence-electron chi connectivity index (χ0n) is 11.2. The third-order valence-corrected chi connectivity index (χ3v) is 3.60. The van der Waals surface area contributed by atoms with Crippen LogP contribution in [-0.4, -0.2) is 28.0 Å². The summed E-state index contributed by atoms with van der Waals surface area (Å²) in [6.07, 6.45) is 0.877. The number of hydrogen-bond acceptors (Lipinski definition) is 5. The lowest BCUT2D eigenvalue weighted by Gasteiger charge is -2.13. The lowest BCUT2D eigenvalue weighted by atomic mass is 10.1. The van der Waals surface area contributed by atoms with Crippen molar-refractivity contribution in [3.8, 4) is 0 Å². The number of amides is 1. The number of benzene rings is 1. The van der Waals surface area contributed by atoms with Gasteiger partial charge in [-0.05, 0) is 18.4 Å². The molecular weight excluding hydrogens is 290 g/mol. The molecule has 2 aromatic rings. The van der Waals surface area contributed by atoms with Crippen molar-refractivity contribution in [2.75, 3.05) is 5.73 Å². The predicted molar refractivity (Wildman–Crippen MR) is 80.2 cm³/mol. The number of carboxylic acid groups (broad SMARTS) is 1. The van der Waals surface area contributed by atoms with Gasteiger partial charge in [0.2, 0.25) is 0 Å². The first-order valence-corrected chi connectivity index (χ1v) is 7.23. The second-order valence-electron chi connectivity index (χ2n) is 4.46. The number of carbonyl (C=O) groups is 2. The molecule has 7 heteroatoms. The van der Waals surface area contributed by atoms with Crippen LogP contribution in [0, 0.1) is 0 Å². The molecule has 21 heavy (non-hydrogen) atoms. The molecule has 0 aliphatic carbocycles. The fraction of sp³-hybridized carbons (Fsp3) is 0.214. The molecule has 4 N–H and O–H groups in total. The molecule has 0 aliphatic rings. The average molecular weight is 305 g/mol. The van der Waals surface area contributed by atoms with Crippen molar-refractivity contribution in [2.24, 2.45) is 0 Å². The van der Waals surface area contributed by atoms with Crippen molar-refractivity contribution in [2.45, 2.75) is 18.9 Å². The minimum atomic E-state index is -1.07. The molecule has 1 amide bonds. The molecular formula is C14H15N3O3S. The normalized spacial score (nSPS) is 11.8. The van der Waals surface area contributed by atoms with E-state index in [0.29, 0.717) is 12.8 Å². The standard InChI is InChI=1S/C14H15N3O3S/c15-14-17-11(8-21-14)12(18)16-10(13(19)20)7-6-9-4-2-1-3-5-9/h1-5,8,10H,6-7H2,(H2,15,17)(H,16,18)(H,19,20)/t10-/m0/s1. The molecule has 1 aromatic carbocycles. The van der Waals surface area contributed by atoms with Gasteiger partial charge in [0.1, 0.15) is 11.7 Å². The summed E-state index contributed by atoms with van der Waals surface area (Å²) in [4.78, 5) is 27.0. The Morgan fingerprint density at radius 3 is 2.62 bits per heavy atom. The number of hydrogen-bond donors (Lipinski definition) is 3. The van der Waals surface area contributed by atoms with Gasteiger partial charge in [0.05, 0.1) is 0 Å². The predicted octanol–water partition coefficient (Wildman–Crippen LogP) is 1.54. The lowest BCUT2D eigenvalue weighted by molar-refractivity contribution is -0.139. The van der Waals surface area contributed by atoms with Gasteiger partial charge in [0, 0.05) is 5.38 Å². The van der Waals surface area contributed by atoms with Crippen LogP contribution in [0.1, 0.15) is 22.5 Å². The first kappa shape index (κ1) is 15.0. The first-order valence-electron chi connectivity index (χ1n) is 6.35. The van der Waals surface area contributed by atoms with Crippen LogP contribution in [0.2, 0.25) is 0 Å². The van der Waals surface area contributed by atoms with Crippen LogP contribution < -0.4 is 11.1 Å². The Bertz CT molecular complexity index is 627. The van der Waals surface area contributed by atoms with Gasteiger partial charge in [-0.25, -0.2) is 9.78 Å². The first-order chi connectivity index (χ1) is 10.1. The van der Waals surface area contributed by atoms with Gasteiger partial charge in [0.25, 0.3) is 5.91 Å². The molecule has 0 saturated heterocycles. The number of carbonyl (C=O) groups excluding carboxylic acids is 1. The zero-order valence-corrected chi connectivity index (χ0v) is 12.0. The lowest BCUT2D eigenvalue weighted by Crippen LogP contribution is -2.41. The number of aromatic nitrogens is 1. The van der Waals surface area contributed by atoms with Crippen molar-refractivity contribution in [1.82, 2.24) is 10.3 Å². The van der Waals surface area contributed by atoms with E-state index in [1.165, 1.54) is 5.38 Å². The smallest absolute Gasteiger partial charge is 0.326 e. The molecule has 6 nitrogen and oxygen atoms in total. The highest BCUT2D eigenvalue weighted by atomic mass is 32.1. The zero-order chi connectivity index (χ0) is 15.2. The Labute approximate surface area is 125 Å². The highest BCUT2D eigenvalue weighted by molar-refractivity contribution is 7.13. The van der Waals surface area contributed by atoms with E-state index in [9.17, 15) is 14.7 Å². The van der Waals surface area contributed by atoms with Gasteiger partial charge >= 0.3 is 5.97 Å². The van der Waals surface area contributed by atoms with E-state index in [1.807, 2.05) is 30.3 Å². The minimum absolute atomic E-state index is 0.142. The fourth-order valence-corrected chi connectivity index (χ4v) is 2.38. The largest absolute Gasteiger partial charge is 0.480 e. The van der Waals surface area contributed by atoms with Crippen molar-refractivity contribution < 1.29 is 14.7 Å². The van der Waals surface area contributed by atoms with Gasteiger partial charge in [-0.3, -0.25) is 4.79 Å². The van der Waals surface area contributed by atoms with Gasteiger partial charge < -0.3 is 16.2 Å². The fourth-order valence-electron chi connectivity index (χ4n) is 1.84. The molecule has 0 fully saturated rings. The van der Waals surface area contributed by atoms with E-state index in [1.54, 1.807) is 0 Å². The second kappa shape index (κ2) is 6.85. The van der Waals surface area contributed by atoms with E-state index in [0.717, 1.165) is 16.9 Å². The van der Waals surface area contributed by atoms with Crippen LogP contribution in [0.25, 0.3) is 0 Å². The number of nitrogens with zero attached hydrogens (tertiary/aromatic N) is 1. The van der Waals surface area contributed by atoms with Crippen molar-refractivity contribution in [3.05, 3.63) is 47.0 Å². The van der Waals surface area contributed by atoms with Crippen LogP contribution in [0.4, 0.5) is 5.13 Å². The SMILES string of the molecule is Nc1nc(C(=O)N[C@@H](CCc2ccccc2)C(=O)O)cs1. The Morgan fingerprint density at radius 1 is 1.33 bits per heavy atom. The van der Waals surface area contributed by atoms with Crippen LogP contribution in [0.15, 0.2) is 35.7 Å². The summed E-state index contributed by atoms with van der Waals surface area (Å²) in [6, 6.07) is 8.56. The summed E-state index contributed by atoms with van der Waals surface area (Å²) in [6.45, 7) is 0. The number of aryl methyl sites for hydroxylation is 1. The number of carboxylic acids is 1. The molecule has 0 bridgehead atoms. The van der Waals surface area contributed by atoms with E-state index in [2.05, 4.69) is 10.3 Å². The third kappa shape index (κ3) is 4.28. The van der Waals surface area contributed by atoms with E-state index >= 15 is 0 Å². The molecule has 1 heterocycles. The van der Waals surface area contributed by atoms with Gasteiger partial charge in [-0.1, -0.05) is 30.3 Å². The number of rotatable bonds is 6. The summed E-state index contributed by atoms with van der Waals surface area (Å²) < 4.78 is 0. The minimum Gasteiger partial charge on any atom is -0.480 e. The van der Waals surface area contributed by atoms with Gasteiger partial charge in [-0.2, -0.15) is 0 Å². The highest BCUT2D eigenvalue weighted by Crippen LogP contribution is 2.11. The number of nitrogens with two attached hydrogens (primary N) is 1. The second-order valence-corrected chi connectivity index (χ2v) is 5.35. The molecule has 0 aliphatic heterocycles. The summed E-state index contributed by atoms with van der Waals surface area (Å²) in [5, 5.41) is 13.4. The van der Waals surface area contributed by atoms with Gasteiger partial charge in [-0.15, -0.1) is 11.3 Å². The average Bonchev–Trinajstić information content (AvgIpc) is 2.90. The summed E-state index contributed by atoms with van der Waals surface area (Å²) >= 11 is 1.14. The molecule has 110 valence electrons. The van der Waals surface area contributed by atoms with Gasteiger partial charge in [0.15, 0.2) is 5.13 Å². The van der Waals surface area contributed by atoms with Crippen LogP contribution >= 0.6 is 11.3 Å². The quantitative estimate of drug-likeness (QED) is 0.750. The summed E-state index contributed by atoms with van der Waals surface area (Å²) in [5.41, 5.74) is 6.62. The van der Waals surface area contributed by atoms with Crippen LogP contribution in [0.3, 0.4) is 0 Å². The molecule has 0 spiro atoms. The molecule has 0 unspecified atom stereocenters. The molecule has 2 rings (SSSR count). The Balaban J connectivity index is 1.96. The number of thiazole rings is 1. The maximum Gasteiger partial charge on any atom is 0.326 e. The number of nitrogens with one attached hydrogen (secondary N) is 1. The Kier molecular flexibility index (Phi) is 4.89. The van der Waals surface area contributed by atoms with E-state index < -0.39 is 17.9 Å². The maximum atomic E-state index is 11.9. The Morgan fingerprint density at radius 2 is 2.05 bits per heavy atom. The topological polar surface area (TPSA) is 105 Å². The Hall–Kier alpha value is -2.41. The number of aliphatic carboxylic acids is 1. The molecule has 0 radical (unpaired) electrons. The summed E-state index contributed by atoms with van der Waals surface area (Å²) in [7, 11) is 0. The van der Waals surface area contributed by atoms with Crippen molar-refractivity contribution in [3.63, 3.8) is 0 Å². The summed E-state index contributed by atoms with van der Waals surface area (Å²) in [5.74, 6) is -1.59. The van der Waals surface area contributed by atoms with Crippen LogP contribution in [0.5, 0.6) is 0 Å². The monoisotopic (exact) mass is 305 g/mol. The van der Waals surface area contributed by atoms with Crippen LogP contribution in [-0.2, 0) is 11.2 Å². The number of nitrogen functional groups attached to an aromatic ring is 1. The van der Waals surface area contributed by atoms with E-state index in [4.69, 9.17) is 5.73 Å².